The van der Waals surface area contributed by atoms with Crippen molar-refractivity contribution in [1.82, 2.24) is 5.43 Å². The van der Waals surface area contributed by atoms with Crippen LogP contribution in [0.3, 0.4) is 0 Å². The number of aryl methyl sites for hydroxylation is 2. The van der Waals surface area contributed by atoms with Crippen molar-refractivity contribution in [2.75, 3.05) is 10.3 Å². The Morgan fingerprint density at radius 3 is 2.33 bits per heavy atom. The summed E-state index contributed by atoms with van der Waals surface area (Å²) in [6.45, 7) is 5.34. The van der Waals surface area contributed by atoms with Crippen LogP contribution in [-0.2, 0) is 9.59 Å². The van der Waals surface area contributed by atoms with Gasteiger partial charge >= 0.3 is 0 Å². The van der Waals surface area contributed by atoms with Crippen LogP contribution in [0.4, 0.5) is 22.7 Å². The maximum absolute atomic E-state index is 13.8. The van der Waals surface area contributed by atoms with Crippen LogP contribution in [-0.4, -0.2) is 40.0 Å². The molecule has 248 valence electrons. The van der Waals surface area contributed by atoms with Gasteiger partial charge in [0.05, 0.1) is 20.8 Å². The van der Waals surface area contributed by atoms with Crippen LogP contribution in [0, 0.1) is 13.8 Å². The molecule has 4 aromatic rings. The molecule has 2 amide bonds. The van der Waals surface area contributed by atoms with E-state index in [-0.39, 0.29) is 54.5 Å². The Balaban J connectivity index is 1.47. The molecule has 0 aromatic heterocycles. The Morgan fingerprint density at radius 2 is 1.65 bits per heavy atom. The predicted octanol–water partition coefficient (Wildman–Crippen LogP) is 8.86. The summed E-state index contributed by atoms with van der Waals surface area (Å²) in [5, 5.41) is 33.0. The maximum Gasteiger partial charge on any atom is 0.280 e. The molecule has 1 aliphatic heterocycles. The molecule has 0 spiro atoms. The number of carbonyl (C=O) groups excluding carboxylic acids is 2. The fourth-order valence-corrected chi connectivity index (χ4v) is 5.77. The number of aliphatic imine (C=N–C) groups is 1. The molecule has 4 N–H and O–H groups in total. The summed E-state index contributed by atoms with van der Waals surface area (Å²) < 4.78 is 5.88. The Kier molecular flexibility index (Phi) is 10.6. The first-order chi connectivity index (χ1) is 22.8. The second kappa shape index (κ2) is 14.7. The molecule has 4 aromatic carbocycles. The molecule has 15 heteroatoms. The molecular formula is C33H28Cl4N6O5. The van der Waals surface area contributed by atoms with Crippen molar-refractivity contribution in [3.8, 4) is 17.2 Å². The van der Waals surface area contributed by atoms with Crippen LogP contribution in [0.15, 0.2) is 82.0 Å². The summed E-state index contributed by atoms with van der Waals surface area (Å²) in [5.74, 6) is -0.653. The van der Waals surface area contributed by atoms with Crippen molar-refractivity contribution >= 4 is 86.8 Å². The molecule has 1 fully saturated rings. The Bertz CT molecular complexity index is 1950. The van der Waals surface area contributed by atoms with E-state index in [1.807, 2.05) is 6.92 Å². The number of benzene rings is 4. The minimum Gasteiger partial charge on any atom is -0.508 e. The number of amides is 2. The molecule has 1 aliphatic rings. The molecule has 0 aliphatic carbocycles. The molecule has 1 heterocycles. The smallest absolute Gasteiger partial charge is 0.280 e. The Hall–Kier alpha value is -4.55. The minimum absolute atomic E-state index is 0.000760. The second-order valence-corrected chi connectivity index (χ2v) is 12.4. The van der Waals surface area contributed by atoms with Crippen LogP contribution in [0.5, 0.6) is 17.2 Å². The van der Waals surface area contributed by atoms with Gasteiger partial charge in [-0.05, 0) is 92.1 Å². The van der Waals surface area contributed by atoms with Gasteiger partial charge in [-0.15, -0.1) is 0 Å². The van der Waals surface area contributed by atoms with E-state index in [4.69, 9.17) is 51.1 Å². The monoisotopic (exact) mass is 728 g/mol. The zero-order chi connectivity index (χ0) is 34.7. The summed E-state index contributed by atoms with van der Waals surface area (Å²) in [5.41, 5.74) is 5.09. The quantitative estimate of drug-likeness (QED) is 0.127. The van der Waals surface area contributed by atoms with Crippen LogP contribution < -0.4 is 20.5 Å². The van der Waals surface area contributed by atoms with Crippen molar-refractivity contribution in [2.45, 2.75) is 39.3 Å². The fraction of sp³-hybridized carbons (Fsp3) is 0.182. The van der Waals surface area contributed by atoms with Crippen LogP contribution in [0.2, 0.25) is 20.1 Å². The van der Waals surface area contributed by atoms with Crippen LogP contribution in [0.1, 0.15) is 24.5 Å². The molecule has 11 nitrogen and oxygen atoms in total. The average Bonchev–Trinajstić information content (AvgIpc) is 3.32. The van der Waals surface area contributed by atoms with E-state index in [0.29, 0.717) is 23.4 Å². The third kappa shape index (κ3) is 7.77. The predicted molar refractivity (Wildman–Crippen MR) is 188 cm³/mol. The molecular weight excluding hydrogens is 702 g/mol. The minimum atomic E-state index is -1.34. The van der Waals surface area contributed by atoms with Crippen molar-refractivity contribution in [2.24, 2.45) is 15.2 Å². The molecule has 1 saturated heterocycles. The number of amidine groups is 1. The second-order valence-electron chi connectivity index (χ2n) is 10.7. The van der Waals surface area contributed by atoms with E-state index in [0.717, 1.165) is 10.6 Å². The summed E-state index contributed by atoms with van der Waals surface area (Å²) >= 11 is 25.5. The topological polar surface area (TPSA) is 148 Å². The fourth-order valence-electron chi connectivity index (χ4n) is 4.62. The lowest BCUT2D eigenvalue weighted by molar-refractivity contribution is -0.122. The van der Waals surface area contributed by atoms with Gasteiger partial charge in [-0.1, -0.05) is 59.4 Å². The number of halogens is 4. The molecule has 0 radical (unpaired) electrons. The highest BCUT2D eigenvalue weighted by atomic mass is 35.5. The first-order valence-corrected chi connectivity index (χ1v) is 16.0. The zero-order valence-electron chi connectivity index (χ0n) is 25.6. The lowest BCUT2D eigenvalue weighted by Crippen LogP contribution is -2.36. The summed E-state index contributed by atoms with van der Waals surface area (Å²) in [6, 6.07) is 15.6. The first kappa shape index (κ1) is 34.8. The van der Waals surface area contributed by atoms with E-state index in [1.54, 1.807) is 44.2 Å². The highest BCUT2D eigenvalue weighted by molar-refractivity contribution is 6.43. The number of phenolic OH excluding ortho intramolecular Hbond substituents is 2. The maximum atomic E-state index is 13.8. The van der Waals surface area contributed by atoms with E-state index in [9.17, 15) is 19.8 Å². The molecule has 48 heavy (non-hydrogen) atoms. The van der Waals surface area contributed by atoms with Gasteiger partial charge in [0.2, 0.25) is 6.04 Å². The molecule has 5 rings (SSSR count). The third-order valence-electron chi connectivity index (χ3n) is 7.12. The molecule has 0 saturated carbocycles. The van der Waals surface area contributed by atoms with Gasteiger partial charge in [-0.25, -0.2) is 10.0 Å². The normalized spacial score (nSPS) is 16.0. The van der Waals surface area contributed by atoms with Gasteiger partial charge in [0, 0.05) is 10.7 Å². The van der Waals surface area contributed by atoms with E-state index in [2.05, 4.69) is 26.0 Å². The van der Waals surface area contributed by atoms with Gasteiger partial charge in [-0.3, -0.25) is 15.0 Å². The molecule has 2 atom stereocenters. The van der Waals surface area contributed by atoms with Crippen LogP contribution >= 0.6 is 46.4 Å². The zero-order valence-corrected chi connectivity index (χ0v) is 28.7. The number of nitrogens with one attached hydrogen (secondary N) is 2. The van der Waals surface area contributed by atoms with Gasteiger partial charge in [0.1, 0.15) is 28.6 Å². The van der Waals surface area contributed by atoms with Gasteiger partial charge in [0.15, 0.2) is 11.9 Å². The van der Waals surface area contributed by atoms with Crippen molar-refractivity contribution in [1.29, 1.82) is 0 Å². The average molecular weight is 730 g/mol. The molecule has 2 unspecified atom stereocenters. The largest absolute Gasteiger partial charge is 0.508 e. The number of carbonyl (C=O) groups is 2. The van der Waals surface area contributed by atoms with E-state index in [1.165, 1.54) is 36.4 Å². The van der Waals surface area contributed by atoms with E-state index >= 15 is 0 Å². The van der Waals surface area contributed by atoms with Gasteiger partial charge in [0.25, 0.3) is 11.8 Å². The first-order valence-electron chi connectivity index (χ1n) is 14.5. The highest BCUT2D eigenvalue weighted by Gasteiger charge is 2.41. The van der Waals surface area contributed by atoms with Gasteiger partial charge < -0.3 is 20.3 Å². The lowest BCUT2D eigenvalue weighted by Gasteiger charge is -2.19. The standard InChI is InChI=1S/C33H28Cl4N6O5/c1-4-28(48-20-7-10-26(44)17(3)12-20)32(46)38-19-6-8-21(35)24(15-19)39-31-29(41-40-25-11-16(2)5-9-27(25)45)33(47)43(42-31)30-22(36)13-18(34)14-23(30)37/h5-15,28-29,44-45H,4H2,1-3H3,(H,38,46)(H,39,42). The number of rotatable bonds is 9. The van der Waals surface area contributed by atoms with Crippen LogP contribution in [0.25, 0.3) is 0 Å². The van der Waals surface area contributed by atoms with E-state index < -0.39 is 24.0 Å². The summed E-state index contributed by atoms with van der Waals surface area (Å²) in [7, 11) is 0. The molecule has 0 bridgehead atoms. The number of ether oxygens (including phenoxy) is 1. The number of hydrogen-bond donors (Lipinski definition) is 4. The van der Waals surface area contributed by atoms with Crippen molar-refractivity contribution in [3.05, 3.63) is 97.9 Å². The SMILES string of the molecule is CCC(Oc1ccc(O)c(C)c1)C(=O)Nc1ccc(Cl)c(N=C2NN(c3c(Cl)cc(Cl)cc3Cl)C(=O)C2N=Nc2cc(C)ccc2O)c1. The van der Waals surface area contributed by atoms with Crippen molar-refractivity contribution < 1.29 is 24.5 Å². The van der Waals surface area contributed by atoms with Gasteiger partial charge in [-0.2, -0.15) is 10.2 Å². The Labute approximate surface area is 295 Å². The number of hydrazine groups is 1. The summed E-state index contributed by atoms with van der Waals surface area (Å²) in [6.07, 6.45) is -0.492. The Morgan fingerprint density at radius 1 is 0.938 bits per heavy atom. The number of anilines is 2. The van der Waals surface area contributed by atoms with Crippen molar-refractivity contribution in [3.63, 3.8) is 0 Å². The number of phenols is 2. The summed E-state index contributed by atoms with van der Waals surface area (Å²) in [4.78, 5) is 31.5. The number of hydrogen-bond acceptors (Lipinski definition) is 8. The highest BCUT2D eigenvalue weighted by Crippen LogP contribution is 2.39. The number of nitrogens with zero attached hydrogens (tertiary/aromatic N) is 4. The lowest BCUT2D eigenvalue weighted by atomic mass is 10.2. The number of azo groups is 1. The number of aromatic hydroxyl groups is 2. The third-order valence-corrected chi connectivity index (χ3v) is 8.24.